The lowest BCUT2D eigenvalue weighted by atomic mass is 9.97. The summed E-state index contributed by atoms with van der Waals surface area (Å²) in [5.74, 6) is -0.363. The Balaban J connectivity index is 3.27. The van der Waals surface area contributed by atoms with Gasteiger partial charge in [0.15, 0.2) is 0 Å². The topological polar surface area (TPSA) is 38.3 Å². The van der Waals surface area contributed by atoms with Gasteiger partial charge in [-0.25, -0.2) is 4.79 Å². The third-order valence-electron chi connectivity index (χ3n) is 1.35. The first-order valence-electron chi connectivity index (χ1n) is 4.45. The van der Waals surface area contributed by atoms with Crippen LogP contribution in [0.25, 0.3) is 0 Å². The Kier molecular flexibility index (Phi) is 5.39. The molecule has 0 aromatic rings. The van der Waals surface area contributed by atoms with Crippen molar-refractivity contribution in [1.82, 2.24) is 5.32 Å². The van der Waals surface area contributed by atoms with Crippen LogP contribution in [0.5, 0.6) is 0 Å². The molecule has 3 heteroatoms. The quantitative estimate of drug-likeness (QED) is 0.399. The third kappa shape index (κ3) is 9.08. The van der Waals surface area contributed by atoms with Crippen LogP contribution in [0.15, 0.2) is 12.7 Å². The third-order valence-corrected chi connectivity index (χ3v) is 1.35. The summed E-state index contributed by atoms with van der Waals surface area (Å²) < 4.78 is 4.79. The zero-order valence-electron chi connectivity index (χ0n) is 8.72. The number of nitrogens with one attached hydrogen (secondary N) is 1. The first-order chi connectivity index (χ1) is 5.95. The summed E-state index contributed by atoms with van der Waals surface area (Å²) in [7, 11) is 0. The Morgan fingerprint density at radius 1 is 1.54 bits per heavy atom. The molecule has 0 saturated carbocycles. The fourth-order valence-corrected chi connectivity index (χ4v) is 0.746. The maximum Gasteiger partial charge on any atom is 0.330 e. The summed E-state index contributed by atoms with van der Waals surface area (Å²) in [6.07, 6.45) is 1.17. The van der Waals surface area contributed by atoms with E-state index in [4.69, 9.17) is 4.74 Å². The molecule has 0 fully saturated rings. The fraction of sp³-hybridized carbons (Fsp3) is 0.700. The molecule has 0 aromatic carbocycles. The van der Waals surface area contributed by atoms with Crippen molar-refractivity contribution in [3.63, 3.8) is 0 Å². The number of ether oxygens (including phenoxy) is 1. The predicted molar refractivity (Wildman–Crippen MR) is 53.5 cm³/mol. The second kappa shape index (κ2) is 5.75. The van der Waals surface area contributed by atoms with Crippen molar-refractivity contribution in [2.75, 3.05) is 19.7 Å². The molecule has 0 amide bonds. The van der Waals surface area contributed by atoms with Gasteiger partial charge in [0.1, 0.15) is 6.61 Å². The predicted octanol–water partition coefficient (Wildman–Crippen LogP) is 1.35. The highest BCUT2D eigenvalue weighted by molar-refractivity contribution is 5.81. The van der Waals surface area contributed by atoms with Crippen LogP contribution in [0.3, 0.4) is 0 Å². The van der Waals surface area contributed by atoms with Gasteiger partial charge in [0.25, 0.3) is 0 Å². The molecule has 0 spiro atoms. The second-order valence-corrected chi connectivity index (χ2v) is 4.11. The Bertz CT molecular complexity index is 170. The van der Waals surface area contributed by atoms with Gasteiger partial charge in [-0.2, -0.15) is 0 Å². The van der Waals surface area contributed by atoms with Gasteiger partial charge in [0.2, 0.25) is 0 Å². The highest BCUT2D eigenvalue weighted by Gasteiger charge is 2.08. The molecule has 0 saturated heterocycles. The summed E-state index contributed by atoms with van der Waals surface area (Å²) in [6.45, 7) is 11.8. The maximum atomic E-state index is 10.6. The van der Waals surface area contributed by atoms with Crippen LogP contribution in [0.1, 0.15) is 20.8 Å². The lowest BCUT2D eigenvalue weighted by molar-refractivity contribution is -0.137. The Labute approximate surface area is 80.2 Å². The van der Waals surface area contributed by atoms with E-state index in [9.17, 15) is 4.79 Å². The highest BCUT2D eigenvalue weighted by atomic mass is 16.5. The smallest absolute Gasteiger partial charge is 0.330 e. The minimum Gasteiger partial charge on any atom is -0.461 e. The molecule has 0 aliphatic heterocycles. The Morgan fingerprint density at radius 3 is 2.62 bits per heavy atom. The van der Waals surface area contributed by atoms with Crippen LogP contribution in [-0.2, 0) is 9.53 Å². The molecule has 0 aromatic heterocycles. The summed E-state index contributed by atoms with van der Waals surface area (Å²) in [6, 6.07) is 0. The van der Waals surface area contributed by atoms with E-state index >= 15 is 0 Å². The molecule has 1 N–H and O–H groups in total. The van der Waals surface area contributed by atoms with E-state index in [1.54, 1.807) is 0 Å². The first-order valence-corrected chi connectivity index (χ1v) is 4.45. The fourth-order valence-electron chi connectivity index (χ4n) is 0.746. The molecule has 0 atom stereocenters. The molecule has 0 unspecified atom stereocenters. The van der Waals surface area contributed by atoms with Crippen molar-refractivity contribution in [3.05, 3.63) is 12.7 Å². The van der Waals surface area contributed by atoms with Crippen molar-refractivity contribution in [3.8, 4) is 0 Å². The molecular formula is C10H19NO2. The standard InChI is InChI=1S/C10H19NO2/c1-5-9(12)13-7-6-11-8-10(2,3)4/h5,11H,1,6-8H2,2-4H3. The number of carbonyl (C=O) groups is 1. The van der Waals surface area contributed by atoms with Crippen LogP contribution < -0.4 is 5.32 Å². The van der Waals surface area contributed by atoms with Crippen LogP contribution in [0, 0.1) is 5.41 Å². The van der Waals surface area contributed by atoms with Crippen LogP contribution in [0.4, 0.5) is 0 Å². The molecule has 0 aliphatic carbocycles. The number of hydrogen-bond acceptors (Lipinski definition) is 3. The summed E-state index contributed by atoms with van der Waals surface area (Å²) in [5, 5.41) is 3.19. The van der Waals surface area contributed by atoms with E-state index in [2.05, 4.69) is 32.7 Å². The first kappa shape index (κ1) is 12.2. The number of rotatable bonds is 5. The summed E-state index contributed by atoms with van der Waals surface area (Å²) in [4.78, 5) is 10.6. The molecule has 0 aliphatic rings. The van der Waals surface area contributed by atoms with Crippen LogP contribution >= 0.6 is 0 Å². The average molecular weight is 185 g/mol. The number of carbonyl (C=O) groups excluding carboxylic acids is 1. The van der Waals surface area contributed by atoms with E-state index in [0.29, 0.717) is 13.2 Å². The van der Waals surface area contributed by atoms with Gasteiger partial charge in [-0.3, -0.25) is 0 Å². The Morgan fingerprint density at radius 2 is 2.15 bits per heavy atom. The lowest BCUT2D eigenvalue weighted by Crippen LogP contribution is -2.30. The van der Waals surface area contributed by atoms with Crippen molar-refractivity contribution in [2.45, 2.75) is 20.8 Å². The summed E-state index contributed by atoms with van der Waals surface area (Å²) >= 11 is 0. The van der Waals surface area contributed by atoms with Gasteiger partial charge in [0, 0.05) is 19.2 Å². The molecule has 0 radical (unpaired) electrons. The van der Waals surface area contributed by atoms with Crippen molar-refractivity contribution in [2.24, 2.45) is 5.41 Å². The van der Waals surface area contributed by atoms with Gasteiger partial charge in [-0.05, 0) is 5.41 Å². The van der Waals surface area contributed by atoms with E-state index < -0.39 is 0 Å². The van der Waals surface area contributed by atoms with Crippen molar-refractivity contribution < 1.29 is 9.53 Å². The number of hydrogen-bond donors (Lipinski definition) is 1. The molecule has 0 bridgehead atoms. The zero-order valence-corrected chi connectivity index (χ0v) is 8.72. The normalized spacial score (nSPS) is 11.0. The molecule has 0 heterocycles. The SMILES string of the molecule is C=CC(=O)OCCNCC(C)(C)C. The van der Waals surface area contributed by atoms with Gasteiger partial charge in [-0.1, -0.05) is 27.4 Å². The van der Waals surface area contributed by atoms with Gasteiger partial charge >= 0.3 is 5.97 Å². The molecule has 76 valence electrons. The second-order valence-electron chi connectivity index (χ2n) is 4.11. The van der Waals surface area contributed by atoms with Crippen LogP contribution in [0.2, 0.25) is 0 Å². The molecule has 0 rings (SSSR count). The van der Waals surface area contributed by atoms with E-state index in [1.807, 2.05) is 0 Å². The van der Waals surface area contributed by atoms with Crippen molar-refractivity contribution in [1.29, 1.82) is 0 Å². The van der Waals surface area contributed by atoms with Gasteiger partial charge in [0.05, 0.1) is 0 Å². The minimum absolute atomic E-state index is 0.266. The highest BCUT2D eigenvalue weighted by Crippen LogP contribution is 2.09. The summed E-state index contributed by atoms with van der Waals surface area (Å²) in [5.41, 5.74) is 0.266. The number of esters is 1. The minimum atomic E-state index is -0.363. The average Bonchev–Trinajstić information content (AvgIpc) is 2.01. The maximum absolute atomic E-state index is 10.6. The van der Waals surface area contributed by atoms with Gasteiger partial charge in [-0.15, -0.1) is 0 Å². The molecular weight excluding hydrogens is 166 g/mol. The largest absolute Gasteiger partial charge is 0.461 e. The van der Waals surface area contributed by atoms with E-state index in [1.165, 1.54) is 6.08 Å². The lowest BCUT2D eigenvalue weighted by Gasteiger charge is -2.18. The van der Waals surface area contributed by atoms with Crippen LogP contribution in [-0.4, -0.2) is 25.7 Å². The van der Waals surface area contributed by atoms with Gasteiger partial charge < -0.3 is 10.1 Å². The van der Waals surface area contributed by atoms with Crippen molar-refractivity contribution >= 4 is 5.97 Å². The Hall–Kier alpha value is -0.830. The molecule has 3 nitrogen and oxygen atoms in total. The van der Waals surface area contributed by atoms with E-state index in [0.717, 1.165) is 6.54 Å². The van der Waals surface area contributed by atoms with E-state index in [-0.39, 0.29) is 11.4 Å². The monoisotopic (exact) mass is 185 g/mol. The molecule has 13 heavy (non-hydrogen) atoms. The zero-order chi connectivity index (χ0) is 10.3.